The minimum Gasteiger partial charge on any atom is -0.495 e. The van der Waals surface area contributed by atoms with Crippen molar-refractivity contribution in [2.45, 2.75) is 19.8 Å². The van der Waals surface area contributed by atoms with Gasteiger partial charge in [-0.2, -0.15) is 5.10 Å². The van der Waals surface area contributed by atoms with Crippen LogP contribution in [-0.4, -0.2) is 23.9 Å². The van der Waals surface area contributed by atoms with Crippen molar-refractivity contribution in [3.05, 3.63) is 30.0 Å². The Labute approximate surface area is 119 Å². The molecule has 1 aromatic heterocycles. The van der Waals surface area contributed by atoms with Gasteiger partial charge >= 0.3 is 0 Å². The van der Waals surface area contributed by atoms with Crippen LogP contribution >= 0.6 is 0 Å². The lowest BCUT2D eigenvalue weighted by molar-refractivity contribution is 0.415. The summed E-state index contributed by atoms with van der Waals surface area (Å²) in [4.78, 5) is 2.01. The summed E-state index contributed by atoms with van der Waals surface area (Å²) in [5.74, 6) is 1.70. The number of aryl methyl sites for hydroxylation is 2. The van der Waals surface area contributed by atoms with Crippen LogP contribution in [0.3, 0.4) is 0 Å². The van der Waals surface area contributed by atoms with Crippen molar-refractivity contribution in [3.63, 3.8) is 0 Å². The highest BCUT2D eigenvalue weighted by Gasteiger charge is 2.19. The first-order valence-electron chi connectivity index (χ1n) is 6.78. The van der Waals surface area contributed by atoms with E-state index in [9.17, 15) is 0 Å². The molecule has 0 aliphatic rings. The number of nitrogens with zero attached hydrogens (tertiary/aromatic N) is 3. The lowest BCUT2D eigenvalue weighted by Crippen LogP contribution is -2.15. The topological polar surface area (TPSA) is 56.3 Å². The van der Waals surface area contributed by atoms with Gasteiger partial charge < -0.3 is 15.4 Å². The summed E-state index contributed by atoms with van der Waals surface area (Å²) in [5, 5.41) is 4.51. The Morgan fingerprint density at radius 3 is 2.70 bits per heavy atom. The average molecular weight is 274 g/mol. The van der Waals surface area contributed by atoms with Crippen LogP contribution in [0.4, 0.5) is 17.2 Å². The Kier molecular flexibility index (Phi) is 4.17. The number of aromatic nitrogens is 2. The van der Waals surface area contributed by atoms with E-state index >= 15 is 0 Å². The van der Waals surface area contributed by atoms with Crippen molar-refractivity contribution in [3.8, 4) is 5.75 Å². The second-order valence-corrected chi connectivity index (χ2v) is 4.79. The standard InChI is InChI=1S/C15H22N4O/c1-5-8-11-14(16)15(19(3)17-11)18(2)12-9-6-7-10-13(12)20-4/h6-7,9-10H,5,8,16H2,1-4H3. The monoisotopic (exact) mass is 274 g/mol. The first-order valence-corrected chi connectivity index (χ1v) is 6.78. The van der Waals surface area contributed by atoms with Gasteiger partial charge in [-0.1, -0.05) is 25.5 Å². The Hall–Kier alpha value is -2.17. The van der Waals surface area contributed by atoms with Crippen molar-refractivity contribution >= 4 is 17.2 Å². The molecule has 0 bridgehead atoms. The summed E-state index contributed by atoms with van der Waals surface area (Å²) in [6.45, 7) is 2.12. The van der Waals surface area contributed by atoms with Crippen molar-refractivity contribution in [1.82, 2.24) is 9.78 Å². The van der Waals surface area contributed by atoms with Crippen LogP contribution in [0.2, 0.25) is 0 Å². The van der Waals surface area contributed by atoms with E-state index in [-0.39, 0.29) is 0 Å². The highest BCUT2D eigenvalue weighted by Crippen LogP contribution is 2.36. The van der Waals surface area contributed by atoms with Gasteiger partial charge in [-0.3, -0.25) is 4.68 Å². The largest absolute Gasteiger partial charge is 0.495 e. The third kappa shape index (κ3) is 2.43. The molecule has 2 aromatic rings. The maximum absolute atomic E-state index is 6.25. The second-order valence-electron chi connectivity index (χ2n) is 4.79. The molecular formula is C15H22N4O. The van der Waals surface area contributed by atoms with Gasteiger partial charge in [-0.15, -0.1) is 0 Å². The SMILES string of the molecule is CCCc1nn(C)c(N(C)c2ccccc2OC)c1N. The predicted molar refractivity (Wildman–Crippen MR) is 82.7 cm³/mol. The first kappa shape index (κ1) is 14.2. The molecule has 0 aliphatic heterocycles. The van der Waals surface area contributed by atoms with E-state index < -0.39 is 0 Å². The number of methoxy groups -OCH3 is 1. The molecule has 0 saturated heterocycles. The smallest absolute Gasteiger partial charge is 0.154 e. The molecule has 20 heavy (non-hydrogen) atoms. The molecule has 1 aromatic carbocycles. The van der Waals surface area contributed by atoms with Gasteiger partial charge in [0.25, 0.3) is 0 Å². The van der Waals surface area contributed by atoms with Gasteiger partial charge in [-0.05, 0) is 18.6 Å². The number of anilines is 3. The zero-order valence-corrected chi connectivity index (χ0v) is 12.6. The second kappa shape index (κ2) is 5.86. The molecule has 5 nitrogen and oxygen atoms in total. The molecule has 0 unspecified atom stereocenters. The fraction of sp³-hybridized carbons (Fsp3) is 0.400. The summed E-state index contributed by atoms with van der Waals surface area (Å²) in [5.41, 5.74) is 8.91. The number of hydrogen-bond acceptors (Lipinski definition) is 4. The van der Waals surface area contributed by atoms with E-state index in [0.717, 1.165) is 41.5 Å². The van der Waals surface area contributed by atoms with Crippen molar-refractivity contribution in [1.29, 1.82) is 0 Å². The number of nitrogens with two attached hydrogens (primary N) is 1. The van der Waals surface area contributed by atoms with Crippen molar-refractivity contribution in [2.75, 3.05) is 24.8 Å². The zero-order chi connectivity index (χ0) is 14.7. The van der Waals surface area contributed by atoms with E-state index in [0.29, 0.717) is 0 Å². The van der Waals surface area contributed by atoms with E-state index in [1.54, 1.807) is 7.11 Å². The molecule has 0 spiro atoms. The number of para-hydroxylation sites is 2. The maximum atomic E-state index is 6.25. The molecule has 2 rings (SSSR count). The van der Waals surface area contributed by atoms with Gasteiger partial charge in [0.1, 0.15) is 5.75 Å². The van der Waals surface area contributed by atoms with E-state index in [1.165, 1.54) is 0 Å². The third-order valence-electron chi connectivity index (χ3n) is 3.38. The van der Waals surface area contributed by atoms with Crippen LogP contribution in [0, 0.1) is 0 Å². The number of rotatable bonds is 5. The van der Waals surface area contributed by atoms with Gasteiger partial charge in [0.2, 0.25) is 0 Å². The number of benzene rings is 1. The van der Waals surface area contributed by atoms with E-state index in [1.807, 2.05) is 47.9 Å². The highest BCUT2D eigenvalue weighted by atomic mass is 16.5. The first-order chi connectivity index (χ1) is 9.60. The van der Waals surface area contributed by atoms with Crippen LogP contribution in [-0.2, 0) is 13.5 Å². The number of hydrogen-bond donors (Lipinski definition) is 1. The molecule has 1 heterocycles. The van der Waals surface area contributed by atoms with Gasteiger partial charge in [0.05, 0.1) is 24.2 Å². The minimum atomic E-state index is 0.739. The van der Waals surface area contributed by atoms with E-state index in [2.05, 4.69) is 12.0 Å². The van der Waals surface area contributed by atoms with Gasteiger partial charge in [-0.25, -0.2) is 0 Å². The number of nitrogen functional groups attached to an aromatic ring is 1. The molecule has 0 radical (unpaired) electrons. The summed E-state index contributed by atoms with van der Waals surface area (Å²) >= 11 is 0. The summed E-state index contributed by atoms with van der Waals surface area (Å²) < 4.78 is 7.24. The lowest BCUT2D eigenvalue weighted by atomic mass is 10.2. The molecule has 108 valence electrons. The molecule has 0 saturated carbocycles. The van der Waals surface area contributed by atoms with E-state index in [4.69, 9.17) is 10.5 Å². The Morgan fingerprint density at radius 1 is 1.35 bits per heavy atom. The molecule has 0 atom stereocenters. The molecular weight excluding hydrogens is 252 g/mol. The fourth-order valence-corrected chi connectivity index (χ4v) is 2.43. The van der Waals surface area contributed by atoms with Crippen LogP contribution in [0.5, 0.6) is 5.75 Å². The van der Waals surface area contributed by atoms with Gasteiger partial charge in [0.15, 0.2) is 5.82 Å². The minimum absolute atomic E-state index is 0.739. The predicted octanol–water partition coefficient (Wildman–Crippen LogP) is 2.73. The van der Waals surface area contributed by atoms with Crippen LogP contribution in [0.15, 0.2) is 24.3 Å². The molecule has 0 aliphatic carbocycles. The molecule has 0 amide bonds. The molecule has 0 fully saturated rings. The zero-order valence-electron chi connectivity index (χ0n) is 12.6. The van der Waals surface area contributed by atoms with Crippen LogP contribution < -0.4 is 15.4 Å². The molecule has 5 heteroatoms. The third-order valence-corrected chi connectivity index (χ3v) is 3.38. The average Bonchev–Trinajstić information content (AvgIpc) is 2.73. The number of ether oxygens (including phenoxy) is 1. The Balaban J connectivity index is 2.45. The fourth-order valence-electron chi connectivity index (χ4n) is 2.43. The maximum Gasteiger partial charge on any atom is 0.154 e. The van der Waals surface area contributed by atoms with Crippen molar-refractivity contribution in [2.24, 2.45) is 7.05 Å². The normalized spacial score (nSPS) is 10.6. The Morgan fingerprint density at radius 2 is 2.05 bits per heavy atom. The summed E-state index contributed by atoms with van der Waals surface area (Å²) in [6, 6.07) is 7.87. The highest BCUT2D eigenvalue weighted by molar-refractivity contribution is 5.76. The van der Waals surface area contributed by atoms with Crippen LogP contribution in [0.25, 0.3) is 0 Å². The van der Waals surface area contributed by atoms with Gasteiger partial charge in [0, 0.05) is 14.1 Å². The Bertz CT molecular complexity index is 592. The summed E-state index contributed by atoms with van der Waals surface area (Å²) in [6.07, 6.45) is 1.92. The lowest BCUT2D eigenvalue weighted by Gasteiger charge is -2.22. The summed E-state index contributed by atoms with van der Waals surface area (Å²) in [7, 11) is 5.56. The van der Waals surface area contributed by atoms with Crippen molar-refractivity contribution < 1.29 is 4.74 Å². The molecule has 2 N–H and O–H groups in total. The quantitative estimate of drug-likeness (QED) is 0.911. The van der Waals surface area contributed by atoms with Crippen LogP contribution in [0.1, 0.15) is 19.0 Å².